The van der Waals surface area contributed by atoms with Crippen LogP contribution >= 0.6 is 0 Å². The number of benzene rings is 3. The lowest BCUT2D eigenvalue weighted by Gasteiger charge is -2.25. The summed E-state index contributed by atoms with van der Waals surface area (Å²) >= 11 is 0. The standard InChI is InChI=1S/C31H38N2O6/c32-26(19-23-14-16-24(34)17-15-23)28(36)13-7-12-27(35)25(18-21-8-3-1-4-9-21)31(38)39-29(30(33)37)20-22-10-5-2-6-11-22/h1-12,14-17,25-30,34-37H,13,18-20,32-33H2/p+1/b12-7+/t25-,26+,27+,28+,29+,30?/m1/s1. The molecule has 1 unspecified atom stereocenters. The third-order valence-corrected chi connectivity index (χ3v) is 6.63. The van der Waals surface area contributed by atoms with Crippen molar-refractivity contribution in [3.05, 3.63) is 114 Å². The summed E-state index contributed by atoms with van der Waals surface area (Å²) < 4.78 is 5.63. The number of hydrogen-bond acceptors (Lipinski definition) is 7. The summed E-state index contributed by atoms with van der Waals surface area (Å²) in [5, 5.41) is 41.1. The van der Waals surface area contributed by atoms with Crippen molar-refractivity contribution >= 4 is 5.97 Å². The molecule has 0 aliphatic heterocycles. The van der Waals surface area contributed by atoms with Gasteiger partial charge in [-0.25, -0.2) is 0 Å². The normalized spacial score (nSPS) is 16.2. The Labute approximate surface area is 229 Å². The molecule has 0 aromatic heterocycles. The summed E-state index contributed by atoms with van der Waals surface area (Å²) in [5.74, 6) is -1.46. The van der Waals surface area contributed by atoms with Gasteiger partial charge in [-0.3, -0.25) is 4.79 Å². The van der Waals surface area contributed by atoms with E-state index in [-0.39, 0.29) is 31.1 Å². The van der Waals surface area contributed by atoms with Crippen molar-refractivity contribution in [2.75, 3.05) is 0 Å². The SMILES string of the molecule is NC(O)[C@H](Cc1ccccc1)OC(=O)[C@H](Cc1ccccc1)[C@@H](O)/C=C/C[C@H](O)[C@@H]([NH3+])Cc1ccc(O)cc1. The molecule has 3 aromatic carbocycles. The second-order valence-corrected chi connectivity index (χ2v) is 9.80. The van der Waals surface area contributed by atoms with Crippen LogP contribution in [0.5, 0.6) is 5.75 Å². The number of phenols is 1. The number of esters is 1. The van der Waals surface area contributed by atoms with Gasteiger partial charge in [-0.05, 0) is 41.7 Å². The first-order valence-corrected chi connectivity index (χ1v) is 13.1. The van der Waals surface area contributed by atoms with Crippen LogP contribution in [-0.4, -0.2) is 57.0 Å². The zero-order chi connectivity index (χ0) is 28.2. The lowest BCUT2D eigenvalue weighted by molar-refractivity contribution is -0.436. The van der Waals surface area contributed by atoms with Gasteiger partial charge in [0.15, 0.2) is 0 Å². The van der Waals surface area contributed by atoms with E-state index in [9.17, 15) is 25.2 Å². The summed E-state index contributed by atoms with van der Waals surface area (Å²) in [6.45, 7) is 0. The summed E-state index contributed by atoms with van der Waals surface area (Å²) in [6, 6.07) is 25.0. The third-order valence-electron chi connectivity index (χ3n) is 6.63. The number of phenolic OH excluding ortho intramolecular Hbond substituents is 1. The largest absolute Gasteiger partial charge is 0.508 e. The van der Waals surface area contributed by atoms with Crippen LogP contribution in [0.2, 0.25) is 0 Å². The quantitative estimate of drug-likeness (QED) is 0.104. The number of quaternary nitrogens is 1. The molecule has 8 heteroatoms. The molecular weight excluding hydrogens is 496 g/mol. The second-order valence-electron chi connectivity index (χ2n) is 9.80. The molecule has 0 bridgehead atoms. The van der Waals surface area contributed by atoms with E-state index in [2.05, 4.69) is 5.73 Å². The maximum absolute atomic E-state index is 13.3. The zero-order valence-electron chi connectivity index (χ0n) is 21.9. The zero-order valence-corrected chi connectivity index (χ0v) is 21.9. The number of aromatic hydroxyl groups is 1. The summed E-state index contributed by atoms with van der Waals surface area (Å²) in [4.78, 5) is 13.3. The van der Waals surface area contributed by atoms with Gasteiger partial charge in [0.1, 0.15) is 30.2 Å². The van der Waals surface area contributed by atoms with Crippen molar-refractivity contribution in [3.8, 4) is 5.75 Å². The molecule has 0 aliphatic rings. The van der Waals surface area contributed by atoms with Gasteiger partial charge >= 0.3 is 5.97 Å². The molecule has 0 saturated carbocycles. The van der Waals surface area contributed by atoms with Crippen LogP contribution in [-0.2, 0) is 28.8 Å². The van der Waals surface area contributed by atoms with Crippen molar-refractivity contribution in [3.63, 3.8) is 0 Å². The number of nitrogens with two attached hydrogens (primary N) is 1. The van der Waals surface area contributed by atoms with Gasteiger partial charge < -0.3 is 36.6 Å². The van der Waals surface area contributed by atoms with E-state index in [0.717, 1.165) is 16.7 Å². The number of aliphatic hydroxyl groups excluding tert-OH is 3. The highest BCUT2D eigenvalue weighted by Crippen LogP contribution is 2.19. The van der Waals surface area contributed by atoms with Crippen LogP contribution in [0.3, 0.4) is 0 Å². The minimum Gasteiger partial charge on any atom is -0.508 e. The highest BCUT2D eigenvalue weighted by molar-refractivity contribution is 5.74. The maximum Gasteiger partial charge on any atom is 0.312 e. The van der Waals surface area contributed by atoms with E-state index in [4.69, 9.17) is 10.5 Å². The number of ether oxygens (including phenoxy) is 1. The molecule has 0 fully saturated rings. The summed E-state index contributed by atoms with van der Waals surface area (Å²) in [7, 11) is 0. The second kappa shape index (κ2) is 15.2. The van der Waals surface area contributed by atoms with E-state index in [1.54, 1.807) is 30.3 Å². The molecule has 208 valence electrons. The van der Waals surface area contributed by atoms with Crippen LogP contribution in [0.1, 0.15) is 23.1 Å². The Morgan fingerprint density at radius 3 is 1.92 bits per heavy atom. The fourth-order valence-electron chi connectivity index (χ4n) is 4.28. The molecule has 6 atom stereocenters. The van der Waals surface area contributed by atoms with Gasteiger partial charge in [0, 0.05) is 12.8 Å². The Balaban J connectivity index is 1.66. The molecule has 0 aliphatic carbocycles. The highest BCUT2D eigenvalue weighted by Gasteiger charge is 2.31. The fraction of sp³-hybridized carbons (Fsp3) is 0.323. The van der Waals surface area contributed by atoms with Gasteiger partial charge in [-0.1, -0.05) is 84.9 Å². The molecular formula is C31H39N2O6+. The highest BCUT2D eigenvalue weighted by atomic mass is 16.6. The average molecular weight is 536 g/mol. The number of rotatable bonds is 14. The number of hydrogen-bond donors (Lipinski definition) is 6. The Hall–Kier alpha value is -3.53. The molecule has 9 N–H and O–H groups in total. The Bertz CT molecular complexity index is 1150. The first-order chi connectivity index (χ1) is 18.7. The topological polar surface area (TPSA) is 161 Å². The van der Waals surface area contributed by atoms with Crippen LogP contribution in [0.15, 0.2) is 97.1 Å². The Kier molecular flexibility index (Phi) is 11.7. The van der Waals surface area contributed by atoms with Gasteiger partial charge in [0.2, 0.25) is 0 Å². The van der Waals surface area contributed by atoms with Crippen LogP contribution in [0.4, 0.5) is 0 Å². The Morgan fingerprint density at radius 2 is 1.36 bits per heavy atom. The van der Waals surface area contributed by atoms with Gasteiger partial charge in [-0.15, -0.1) is 0 Å². The molecule has 0 spiro atoms. The monoisotopic (exact) mass is 535 g/mol. The van der Waals surface area contributed by atoms with Gasteiger partial charge in [-0.2, -0.15) is 0 Å². The smallest absolute Gasteiger partial charge is 0.312 e. The average Bonchev–Trinajstić information content (AvgIpc) is 2.93. The summed E-state index contributed by atoms with van der Waals surface area (Å²) in [6.07, 6.45) is -0.0374. The van der Waals surface area contributed by atoms with Crippen LogP contribution < -0.4 is 11.5 Å². The van der Waals surface area contributed by atoms with Crippen molar-refractivity contribution in [2.24, 2.45) is 11.7 Å². The molecule has 39 heavy (non-hydrogen) atoms. The fourth-order valence-corrected chi connectivity index (χ4v) is 4.28. The predicted molar refractivity (Wildman–Crippen MR) is 148 cm³/mol. The minimum atomic E-state index is -1.39. The maximum atomic E-state index is 13.3. The van der Waals surface area contributed by atoms with Gasteiger partial charge in [0.05, 0.1) is 12.0 Å². The van der Waals surface area contributed by atoms with E-state index < -0.39 is 36.4 Å². The lowest BCUT2D eigenvalue weighted by Crippen LogP contribution is -2.67. The van der Waals surface area contributed by atoms with E-state index in [1.807, 2.05) is 60.7 Å². The van der Waals surface area contributed by atoms with Crippen LogP contribution in [0, 0.1) is 5.92 Å². The molecule has 8 nitrogen and oxygen atoms in total. The number of carbonyl (C=O) groups excluding carboxylic acids is 1. The first-order valence-electron chi connectivity index (χ1n) is 13.1. The van der Waals surface area contributed by atoms with Crippen molar-refractivity contribution in [1.82, 2.24) is 0 Å². The first kappa shape index (κ1) is 30.0. The van der Waals surface area contributed by atoms with Gasteiger partial charge in [0.25, 0.3) is 0 Å². The Morgan fingerprint density at radius 1 is 0.821 bits per heavy atom. The molecule has 3 rings (SSSR count). The third kappa shape index (κ3) is 9.94. The van der Waals surface area contributed by atoms with E-state index in [1.165, 1.54) is 6.08 Å². The van der Waals surface area contributed by atoms with Crippen molar-refractivity contribution < 1.29 is 35.7 Å². The van der Waals surface area contributed by atoms with Crippen molar-refractivity contribution in [2.45, 2.75) is 56.3 Å². The predicted octanol–water partition coefficient (Wildman–Crippen LogP) is 1.50. The molecule has 0 radical (unpaired) electrons. The molecule has 0 amide bonds. The van der Waals surface area contributed by atoms with E-state index >= 15 is 0 Å². The summed E-state index contributed by atoms with van der Waals surface area (Å²) in [5.41, 5.74) is 12.4. The molecule has 3 aromatic rings. The molecule has 0 heterocycles. The van der Waals surface area contributed by atoms with E-state index in [0.29, 0.717) is 6.42 Å². The molecule has 0 saturated heterocycles. The van der Waals surface area contributed by atoms with Crippen molar-refractivity contribution in [1.29, 1.82) is 0 Å². The number of carbonyl (C=O) groups is 1. The minimum absolute atomic E-state index is 0.174. The number of aliphatic hydroxyl groups is 3. The van der Waals surface area contributed by atoms with Crippen LogP contribution in [0.25, 0.3) is 0 Å². The lowest BCUT2D eigenvalue weighted by atomic mass is 9.93.